The van der Waals surface area contributed by atoms with Crippen LogP contribution in [0.15, 0.2) is 0 Å². The Balaban J connectivity index is -0.00000000762. The first kappa shape index (κ1) is 40.3. The predicted octanol–water partition coefficient (Wildman–Crippen LogP) is 0.385. The SMILES string of the molecule is [C-]#N.[C-]#N.[C-]#N.[C-]#N.[Ce+4]. The van der Waals surface area contributed by atoms with Crippen molar-refractivity contribution in [2.45, 2.75) is 0 Å². The average molecular weight is 244 g/mol. The monoisotopic (exact) mass is 244 g/mol. The molecule has 0 unspecified atom stereocenters. The first-order valence-electron chi connectivity index (χ1n) is 0.894. The van der Waals surface area contributed by atoms with Crippen LogP contribution in [0, 0.1) is 89.1 Å². The molecular weight excluding hydrogens is 244 g/mol. The molecule has 9 heavy (non-hydrogen) atoms. The van der Waals surface area contributed by atoms with E-state index in [1.54, 1.807) is 0 Å². The molecule has 0 rings (SSSR count). The van der Waals surface area contributed by atoms with Crippen molar-refractivity contribution in [3.63, 3.8) is 0 Å². The van der Waals surface area contributed by atoms with E-state index in [9.17, 15) is 0 Å². The van der Waals surface area contributed by atoms with Crippen molar-refractivity contribution in [2.24, 2.45) is 0 Å². The molecule has 0 aliphatic carbocycles. The maximum atomic E-state index is 6.25. The van der Waals surface area contributed by atoms with E-state index in [4.69, 9.17) is 47.3 Å². The normalized spacial score (nSPS) is 0.889. The summed E-state index contributed by atoms with van der Waals surface area (Å²) in [6.07, 6.45) is 0. The second-order valence-electron chi connectivity index (χ2n) is 0. The largest absolute Gasteiger partial charge is 4.00 e. The molecule has 0 radical (unpaired) electrons. The van der Waals surface area contributed by atoms with E-state index >= 15 is 0 Å². The van der Waals surface area contributed by atoms with Gasteiger partial charge in [0.25, 0.3) is 0 Å². The first-order chi connectivity index (χ1) is 4.00. The molecule has 0 aliphatic rings. The minimum absolute atomic E-state index is 0. The summed E-state index contributed by atoms with van der Waals surface area (Å²) in [4.78, 5) is 0. The van der Waals surface area contributed by atoms with Gasteiger partial charge in [0.2, 0.25) is 0 Å². The maximum Gasteiger partial charge on any atom is 4.00 e. The van der Waals surface area contributed by atoms with Gasteiger partial charge in [-0.25, -0.2) is 0 Å². The van der Waals surface area contributed by atoms with Crippen LogP contribution in [0.25, 0.3) is 0 Å². The van der Waals surface area contributed by atoms with Crippen LogP contribution in [0.2, 0.25) is 0 Å². The topological polar surface area (TPSA) is 95.2 Å². The molecule has 0 saturated carbocycles. The van der Waals surface area contributed by atoms with E-state index in [1.165, 1.54) is 0 Å². The van der Waals surface area contributed by atoms with Gasteiger partial charge in [0.1, 0.15) is 0 Å². The molecule has 0 amide bonds. The van der Waals surface area contributed by atoms with Gasteiger partial charge in [-0.2, -0.15) is 0 Å². The van der Waals surface area contributed by atoms with Crippen LogP contribution in [0.1, 0.15) is 0 Å². The van der Waals surface area contributed by atoms with Crippen LogP contribution in [0.4, 0.5) is 0 Å². The quantitative estimate of drug-likeness (QED) is 0.575. The van der Waals surface area contributed by atoms with Crippen LogP contribution in [-0.4, -0.2) is 0 Å². The van der Waals surface area contributed by atoms with Crippen molar-refractivity contribution in [3.8, 4) is 0 Å². The van der Waals surface area contributed by atoms with Gasteiger partial charge in [0.15, 0.2) is 0 Å². The van der Waals surface area contributed by atoms with Crippen molar-refractivity contribution in [2.75, 3.05) is 0 Å². The van der Waals surface area contributed by atoms with Gasteiger partial charge in [-0.1, -0.05) is 0 Å². The van der Waals surface area contributed by atoms with E-state index in [-0.39, 0.29) is 41.7 Å². The number of nitrogens with zero attached hydrogens (tertiary/aromatic N) is 4. The summed E-state index contributed by atoms with van der Waals surface area (Å²) in [6, 6.07) is 0. The summed E-state index contributed by atoms with van der Waals surface area (Å²) < 4.78 is 0. The second-order valence-corrected chi connectivity index (χ2v) is 0. The molecule has 0 heterocycles. The van der Waals surface area contributed by atoms with E-state index in [1.807, 2.05) is 0 Å². The van der Waals surface area contributed by atoms with Gasteiger partial charge in [-0.05, 0) is 0 Å². The predicted molar refractivity (Wildman–Crippen MR) is 19.9 cm³/mol. The molecule has 4 nitrogen and oxygen atoms in total. The van der Waals surface area contributed by atoms with Gasteiger partial charge in [0.05, 0.1) is 0 Å². The molecule has 0 aromatic heterocycles. The average Bonchev–Trinajstić information content (AvgIpc) is 2.03. The van der Waals surface area contributed by atoms with Crippen LogP contribution in [0.5, 0.6) is 0 Å². The van der Waals surface area contributed by atoms with E-state index in [2.05, 4.69) is 0 Å². The van der Waals surface area contributed by atoms with Crippen molar-refractivity contribution in [1.29, 1.82) is 21.0 Å². The minimum atomic E-state index is 0. The van der Waals surface area contributed by atoms with Crippen LogP contribution >= 0.6 is 0 Å². The van der Waals surface area contributed by atoms with E-state index in [0.29, 0.717) is 0 Å². The Hall–Kier alpha value is -0.663. The molecule has 40 valence electrons. The smallest absolute Gasteiger partial charge is 0.512 e. The Morgan fingerprint density at radius 1 is 0.444 bits per heavy atom. The molecule has 0 aromatic carbocycles. The molecule has 0 aromatic rings. The van der Waals surface area contributed by atoms with Crippen molar-refractivity contribution >= 4 is 0 Å². The zero-order chi connectivity index (χ0) is 8.00. The van der Waals surface area contributed by atoms with Gasteiger partial charge in [0, 0.05) is 0 Å². The molecule has 0 saturated heterocycles. The van der Waals surface area contributed by atoms with Gasteiger partial charge in [-0.3, -0.25) is 0 Å². The Bertz CT molecular complexity index is 55.5. The van der Waals surface area contributed by atoms with Crippen LogP contribution in [0.3, 0.4) is 0 Å². The number of rotatable bonds is 0. The van der Waals surface area contributed by atoms with E-state index in [0.717, 1.165) is 0 Å². The van der Waals surface area contributed by atoms with E-state index < -0.39 is 0 Å². The Labute approximate surface area is 88.3 Å². The molecule has 0 N–H and O–H groups in total. The summed E-state index contributed by atoms with van der Waals surface area (Å²) in [7, 11) is 0. The Morgan fingerprint density at radius 3 is 0.444 bits per heavy atom. The molecule has 0 atom stereocenters. The number of hydrogen-bond donors (Lipinski definition) is 0. The van der Waals surface area contributed by atoms with Crippen molar-refractivity contribution < 1.29 is 41.7 Å². The summed E-state index contributed by atoms with van der Waals surface area (Å²) >= 11 is 0. The van der Waals surface area contributed by atoms with Crippen molar-refractivity contribution in [1.82, 2.24) is 0 Å². The number of hydrogen-bond acceptors (Lipinski definition) is 4. The second kappa shape index (κ2) is 669. The Morgan fingerprint density at radius 2 is 0.444 bits per heavy atom. The maximum absolute atomic E-state index is 6.25. The molecule has 5 heteroatoms. The fourth-order valence-electron chi connectivity index (χ4n) is 0. The molecule has 0 aliphatic heterocycles. The third kappa shape index (κ3) is 475. The fourth-order valence-corrected chi connectivity index (χ4v) is 0. The molecule has 0 fully saturated rings. The van der Waals surface area contributed by atoms with Gasteiger partial charge >= 0.3 is 41.7 Å². The molecule has 0 spiro atoms. The summed E-state index contributed by atoms with van der Waals surface area (Å²) in [5, 5.41) is 25.0. The van der Waals surface area contributed by atoms with Gasteiger partial charge in [-0.15, -0.1) is 0 Å². The summed E-state index contributed by atoms with van der Waals surface area (Å²) in [6.45, 7) is 19.0. The summed E-state index contributed by atoms with van der Waals surface area (Å²) in [5.74, 6) is 0. The third-order valence-corrected chi connectivity index (χ3v) is 0. The zero-order valence-electron chi connectivity index (χ0n) is 4.29. The summed E-state index contributed by atoms with van der Waals surface area (Å²) in [5.41, 5.74) is 0. The Kier molecular flexibility index (Phi) is 3000. The first-order valence-corrected chi connectivity index (χ1v) is 0.894. The van der Waals surface area contributed by atoms with Crippen LogP contribution < -0.4 is 0 Å². The third-order valence-electron chi connectivity index (χ3n) is 0. The van der Waals surface area contributed by atoms with Crippen LogP contribution in [-0.2, 0) is 0 Å². The fraction of sp³-hybridized carbons (Fsp3) is 0. The molecular formula is C4CeN4. The minimum Gasteiger partial charge on any atom is -0.512 e. The van der Waals surface area contributed by atoms with Gasteiger partial charge < -0.3 is 47.3 Å². The molecule has 0 bridgehead atoms. The standard InChI is InChI=1S/4CN.Ce/c4*1-2;/q4*-1;+4. The van der Waals surface area contributed by atoms with Crippen molar-refractivity contribution in [3.05, 3.63) is 26.3 Å². The zero-order valence-corrected chi connectivity index (χ0v) is 7.43.